The normalized spacial score (nSPS) is 6.00. The van der Waals surface area contributed by atoms with E-state index in [0.29, 0.717) is 13.1 Å². The Balaban J connectivity index is 0. The molecule has 0 heterocycles. The van der Waals surface area contributed by atoms with Gasteiger partial charge >= 0.3 is 25.2 Å². The molecule has 6 heavy (non-hydrogen) atoms. The number of rotatable bonds is 1. The van der Waals surface area contributed by atoms with Crippen molar-refractivity contribution in [1.29, 1.82) is 0 Å². The summed E-state index contributed by atoms with van der Waals surface area (Å²) in [7, 11) is 4.45. The van der Waals surface area contributed by atoms with Crippen LogP contribution in [0.5, 0.6) is 0 Å². The molecule has 0 saturated heterocycles. The van der Waals surface area contributed by atoms with Crippen molar-refractivity contribution in [3.63, 3.8) is 0 Å². The molecule has 0 atom stereocenters. The molecule has 0 aliphatic carbocycles. The molecule has 0 aromatic carbocycles. The van der Waals surface area contributed by atoms with Crippen molar-refractivity contribution in [2.24, 2.45) is 11.5 Å². The van der Waals surface area contributed by atoms with Crippen LogP contribution in [0, 0.1) is 0 Å². The van der Waals surface area contributed by atoms with Crippen LogP contribution < -0.4 is 11.5 Å². The molecule has 0 saturated carbocycles. The summed E-state index contributed by atoms with van der Waals surface area (Å²) < 4.78 is 0. The van der Waals surface area contributed by atoms with E-state index >= 15 is 0 Å². The Kier molecular flexibility index (Phi) is 28.3. The van der Waals surface area contributed by atoms with E-state index in [-0.39, 0.29) is 0 Å². The van der Waals surface area contributed by atoms with E-state index in [2.05, 4.69) is 25.2 Å². The predicted octanol–water partition coefficient (Wildman–Crippen LogP) is -0.409. The molecule has 4 heteroatoms. The molecular weight excluding hydrogens is 142 g/mol. The van der Waals surface area contributed by atoms with Crippen LogP contribution >= 0.6 is 10.1 Å². The number of hydrogen-bond donors (Lipinski definition) is 2. The van der Waals surface area contributed by atoms with Crippen LogP contribution in [0.2, 0.25) is 0 Å². The second-order valence-electron chi connectivity index (χ2n) is 0.577. The minimum absolute atomic E-state index is 0.597. The molecule has 0 amide bonds. The third kappa shape index (κ3) is 22.0. The van der Waals surface area contributed by atoms with Crippen molar-refractivity contribution in [1.82, 2.24) is 0 Å². The Morgan fingerprint density at radius 2 is 1.33 bits per heavy atom. The molecule has 0 rings (SSSR count). The average molecular weight is 150 g/mol. The van der Waals surface area contributed by atoms with E-state index in [4.69, 9.17) is 11.5 Å². The van der Waals surface area contributed by atoms with Crippen molar-refractivity contribution in [2.75, 3.05) is 13.1 Å². The summed E-state index contributed by atoms with van der Waals surface area (Å²) in [6.45, 7) is 1.19. The van der Waals surface area contributed by atoms with Gasteiger partial charge < -0.3 is 11.5 Å². The topological polar surface area (TPSA) is 52.0 Å². The van der Waals surface area contributed by atoms with Crippen LogP contribution in [0.4, 0.5) is 0 Å². The zero-order valence-electron chi connectivity index (χ0n) is 3.32. The fourth-order valence-corrected chi connectivity index (χ4v) is 0. The molecule has 2 nitrogen and oxygen atoms in total. The first-order chi connectivity index (χ1) is 2.91. The Labute approximate surface area is 50.3 Å². The van der Waals surface area contributed by atoms with Gasteiger partial charge in [0.2, 0.25) is 0 Å². The van der Waals surface area contributed by atoms with Gasteiger partial charge in [0.25, 0.3) is 0 Å². The fourth-order valence-electron chi connectivity index (χ4n) is 0. The van der Waals surface area contributed by atoms with Gasteiger partial charge in [-0.1, -0.05) is 0 Å². The fraction of sp³-hybridized carbons (Fsp3) is 1.00. The van der Waals surface area contributed by atoms with Crippen LogP contribution in [0.15, 0.2) is 0 Å². The zero-order valence-corrected chi connectivity index (χ0v) is 5.26. The zero-order chi connectivity index (χ0) is 5.41. The van der Waals surface area contributed by atoms with Crippen LogP contribution in [0.1, 0.15) is 0 Å². The first-order valence-corrected chi connectivity index (χ1v) is 3.08. The van der Waals surface area contributed by atoms with Crippen LogP contribution in [-0.2, 0) is 15.1 Å². The summed E-state index contributed by atoms with van der Waals surface area (Å²) in [5, 5.41) is 0. The monoisotopic (exact) mass is 150 g/mol. The van der Waals surface area contributed by atoms with Crippen LogP contribution in [0.3, 0.4) is 0 Å². The molecule has 0 aliphatic rings. The third-order valence-corrected chi connectivity index (χ3v) is 0.167. The molecule has 0 bridgehead atoms. The van der Waals surface area contributed by atoms with E-state index < -0.39 is 0 Å². The summed E-state index contributed by atoms with van der Waals surface area (Å²) in [4.78, 5) is 0. The molecule has 40 valence electrons. The van der Waals surface area contributed by atoms with Crippen molar-refractivity contribution in [3.05, 3.63) is 0 Å². The summed E-state index contributed by atoms with van der Waals surface area (Å²) in [6.07, 6.45) is 0. The second-order valence-corrected chi connectivity index (χ2v) is 0.577. The van der Waals surface area contributed by atoms with E-state index in [1.54, 1.807) is 0 Å². The van der Waals surface area contributed by atoms with Gasteiger partial charge in [0.1, 0.15) is 0 Å². The summed E-state index contributed by atoms with van der Waals surface area (Å²) >= 11 is 2.41. The molecule has 0 unspecified atom stereocenters. The molecule has 4 N–H and O–H groups in total. The van der Waals surface area contributed by atoms with Gasteiger partial charge in [-0.25, -0.2) is 0 Å². The van der Waals surface area contributed by atoms with Crippen LogP contribution in [-0.4, -0.2) is 13.1 Å². The first-order valence-electron chi connectivity index (χ1n) is 1.46. The molecule has 0 aromatic rings. The van der Waals surface area contributed by atoms with Gasteiger partial charge in [0.15, 0.2) is 0 Å². The number of hydrogen-bond acceptors (Lipinski definition) is 2. The average Bonchev–Trinajstić information content (AvgIpc) is 1.72. The van der Waals surface area contributed by atoms with Crippen molar-refractivity contribution in [2.45, 2.75) is 0 Å². The first kappa shape index (κ1) is 9.88. The summed E-state index contributed by atoms with van der Waals surface area (Å²) in [6, 6.07) is 0. The molecule has 0 spiro atoms. The van der Waals surface area contributed by atoms with Crippen molar-refractivity contribution < 1.29 is 15.1 Å². The Bertz CT molecular complexity index is 13.5. The van der Waals surface area contributed by atoms with Gasteiger partial charge in [-0.15, -0.1) is 0 Å². The van der Waals surface area contributed by atoms with Crippen LogP contribution in [0.25, 0.3) is 0 Å². The Morgan fingerprint density at radius 3 is 1.33 bits per heavy atom. The molecule has 0 aromatic heterocycles. The van der Waals surface area contributed by atoms with Crippen molar-refractivity contribution >= 4 is 10.1 Å². The molecule has 0 aliphatic heterocycles. The van der Waals surface area contributed by atoms with E-state index in [9.17, 15) is 0 Å². The number of halogens is 1. The van der Waals surface area contributed by atoms with E-state index in [1.807, 2.05) is 0 Å². The maximum atomic E-state index is 4.90. The SMILES string of the molecule is NCCN.[Cl][Mn]. The summed E-state index contributed by atoms with van der Waals surface area (Å²) in [5.41, 5.74) is 9.81. The quantitative estimate of drug-likeness (QED) is 0.500. The minimum atomic E-state index is 0.597. The number of nitrogens with two attached hydrogens (primary N) is 2. The van der Waals surface area contributed by atoms with E-state index in [1.165, 1.54) is 0 Å². The van der Waals surface area contributed by atoms with Gasteiger partial charge in [-0.2, -0.15) is 0 Å². The van der Waals surface area contributed by atoms with Gasteiger partial charge in [0, 0.05) is 13.1 Å². The van der Waals surface area contributed by atoms with Gasteiger partial charge in [-0.05, 0) is 0 Å². The van der Waals surface area contributed by atoms with Gasteiger partial charge in [0.05, 0.1) is 0 Å². The Hall–Kier alpha value is 0.729. The van der Waals surface area contributed by atoms with Crippen molar-refractivity contribution in [3.8, 4) is 0 Å². The maximum absolute atomic E-state index is 4.90. The summed E-state index contributed by atoms with van der Waals surface area (Å²) in [5.74, 6) is 0. The second kappa shape index (κ2) is 17.2. The molecule has 0 fully saturated rings. The standard InChI is InChI=1S/C2H8N2.ClH.Mn/c3-1-2-4;;/h1-4H2;1H;/q;;+1/p-1. The van der Waals surface area contributed by atoms with E-state index in [0.717, 1.165) is 0 Å². The third-order valence-electron chi connectivity index (χ3n) is 0.167. The predicted molar refractivity (Wildman–Crippen MR) is 24.0 cm³/mol. The molecule has 0 radical (unpaired) electrons. The molecular formula is C2H8ClMnN2. The van der Waals surface area contributed by atoms with Gasteiger partial charge in [-0.3, -0.25) is 0 Å². The Morgan fingerprint density at radius 1 is 1.17 bits per heavy atom.